The summed E-state index contributed by atoms with van der Waals surface area (Å²) < 4.78 is 25.6. The third-order valence-corrected chi connectivity index (χ3v) is 9.68. The Hall–Kier alpha value is -6.85. The second kappa shape index (κ2) is 11.6. The average molecular weight is 658 g/mol. The van der Waals surface area contributed by atoms with Crippen molar-refractivity contribution in [1.82, 2.24) is 14.5 Å². The molecule has 0 saturated carbocycles. The summed E-state index contributed by atoms with van der Waals surface area (Å²) >= 11 is 0. The quantitative estimate of drug-likeness (QED) is 0.185. The van der Waals surface area contributed by atoms with Crippen LogP contribution < -0.4 is 0 Å². The topological polar surface area (TPSA) is 43.9 Å². The SMILES string of the molecule is Fc1c(-c2ccccc2)nc(-c2cc(-c3ccccc3)cc(-n3c4ccccc4c4ccccc43)c2)nc1-c1cccc2c1oc1ccccc12. The third kappa shape index (κ3) is 4.74. The van der Waals surface area contributed by atoms with Gasteiger partial charge in [0.05, 0.1) is 11.0 Å². The molecule has 0 aliphatic rings. The van der Waals surface area contributed by atoms with Gasteiger partial charge in [0.1, 0.15) is 22.6 Å². The van der Waals surface area contributed by atoms with Gasteiger partial charge in [-0.1, -0.05) is 127 Å². The minimum atomic E-state index is -0.500. The highest BCUT2D eigenvalue weighted by molar-refractivity contribution is 6.10. The van der Waals surface area contributed by atoms with Crippen LogP contribution in [0.5, 0.6) is 0 Å². The molecule has 3 aromatic heterocycles. The molecule has 0 spiro atoms. The number of rotatable bonds is 5. The molecule has 0 aliphatic heterocycles. The first-order valence-electron chi connectivity index (χ1n) is 16.9. The van der Waals surface area contributed by atoms with Crippen LogP contribution in [-0.2, 0) is 0 Å². The van der Waals surface area contributed by atoms with Crippen molar-refractivity contribution in [3.8, 4) is 50.7 Å². The Balaban J connectivity index is 1.28. The molecule has 0 bridgehead atoms. The molecule has 0 N–H and O–H groups in total. The molecule has 0 saturated heterocycles. The van der Waals surface area contributed by atoms with Crippen LogP contribution in [0.1, 0.15) is 0 Å². The number of nitrogens with zero attached hydrogens (tertiary/aromatic N) is 3. The largest absolute Gasteiger partial charge is 0.455 e. The van der Waals surface area contributed by atoms with Crippen LogP contribution in [0.25, 0.3) is 94.5 Å². The zero-order chi connectivity index (χ0) is 33.9. The fourth-order valence-electron chi connectivity index (χ4n) is 7.34. The Morgan fingerprint density at radius 2 is 1.02 bits per heavy atom. The predicted octanol–water partition coefficient (Wildman–Crippen LogP) is 12.3. The summed E-state index contributed by atoms with van der Waals surface area (Å²) in [6.07, 6.45) is 0. The zero-order valence-electron chi connectivity index (χ0n) is 27.3. The first-order chi connectivity index (χ1) is 25.2. The van der Waals surface area contributed by atoms with Crippen LogP contribution in [0.3, 0.4) is 0 Å². The summed E-state index contributed by atoms with van der Waals surface area (Å²) in [5, 5.41) is 4.22. The molecule has 240 valence electrons. The number of fused-ring (bicyclic) bond motifs is 6. The first kappa shape index (κ1) is 29.1. The highest BCUT2D eigenvalue weighted by atomic mass is 19.1. The minimum absolute atomic E-state index is 0.187. The van der Waals surface area contributed by atoms with Crippen LogP contribution >= 0.6 is 0 Å². The smallest absolute Gasteiger partial charge is 0.175 e. The van der Waals surface area contributed by atoms with Gasteiger partial charge in [-0.3, -0.25) is 0 Å². The van der Waals surface area contributed by atoms with Gasteiger partial charge in [-0.15, -0.1) is 0 Å². The first-order valence-corrected chi connectivity index (χ1v) is 16.9. The number of halogens is 1. The molecule has 7 aromatic carbocycles. The lowest BCUT2D eigenvalue weighted by Crippen LogP contribution is -2.02. The molecule has 51 heavy (non-hydrogen) atoms. The van der Waals surface area contributed by atoms with Crippen molar-refractivity contribution in [2.45, 2.75) is 0 Å². The van der Waals surface area contributed by atoms with E-state index in [9.17, 15) is 0 Å². The number of benzene rings is 7. The van der Waals surface area contributed by atoms with Crippen LogP contribution in [0, 0.1) is 5.82 Å². The number of para-hydroxylation sites is 4. The third-order valence-electron chi connectivity index (χ3n) is 9.68. The molecule has 5 heteroatoms. The van der Waals surface area contributed by atoms with Crippen molar-refractivity contribution >= 4 is 43.7 Å². The molecule has 3 heterocycles. The van der Waals surface area contributed by atoms with Crippen LogP contribution in [-0.4, -0.2) is 14.5 Å². The molecule has 0 atom stereocenters. The average Bonchev–Trinajstić information content (AvgIpc) is 3.75. The monoisotopic (exact) mass is 657 g/mol. The Labute approximate surface area is 292 Å². The number of aromatic nitrogens is 3. The van der Waals surface area contributed by atoms with Gasteiger partial charge in [0.15, 0.2) is 11.6 Å². The van der Waals surface area contributed by atoms with Crippen molar-refractivity contribution in [1.29, 1.82) is 0 Å². The van der Waals surface area contributed by atoms with E-state index in [0.29, 0.717) is 22.5 Å². The molecule has 10 aromatic rings. The number of furan rings is 1. The normalized spacial score (nSPS) is 11.6. The van der Waals surface area contributed by atoms with Gasteiger partial charge >= 0.3 is 0 Å². The lowest BCUT2D eigenvalue weighted by Gasteiger charge is -2.15. The van der Waals surface area contributed by atoms with Crippen molar-refractivity contribution in [3.63, 3.8) is 0 Å². The van der Waals surface area contributed by atoms with E-state index in [1.807, 2.05) is 91.0 Å². The highest BCUT2D eigenvalue weighted by Crippen LogP contribution is 2.40. The predicted molar refractivity (Wildman–Crippen MR) is 205 cm³/mol. The molecular formula is C46H28FN3O. The van der Waals surface area contributed by atoms with E-state index in [1.54, 1.807) is 0 Å². The molecule has 0 aliphatic carbocycles. The standard InChI is InChI=1S/C46H28FN3O/c47-42-43(30-16-5-2-6-17-30)48-46(49-44(42)38-22-13-21-37-36-20-9-12-25-41(36)51-45(37)38)32-26-31(29-14-3-1-4-15-29)27-33(28-32)50-39-23-10-7-18-34(39)35-19-8-11-24-40(35)50/h1-28H. The van der Waals surface area contributed by atoms with E-state index in [2.05, 4.69) is 83.4 Å². The van der Waals surface area contributed by atoms with E-state index in [0.717, 1.165) is 49.8 Å². The zero-order valence-corrected chi connectivity index (χ0v) is 27.3. The summed E-state index contributed by atoms with van der Waals surface area (Å²) in [6, 6.07) is 56.8. The van der Waals surface area contributed by atoms with E-state index < -0.39 is 5.82 Å². The molecule has 0 fully saturated rings. The maximum absolute atomic E-state index is 16.9. The molecule has 0 amide bonds. The van der Waals surface area contributed by atoms with Gasteiger partial charge in [-0.2, -0.15) is 0 Å². The van der Waals surface area contributed by atoms with Gasteiger partial charge in [-0.05, 0) is 53.6 Å². The molecule has 0 radical (unpaired) electrons. The molecule has 0 unspecified atom stereocenters. The fraction of sp³-hybridized carbons (Fsp3) is 0. The van der Waals surface area contributed by atoms with E-state index in [1.165, 1.54) is 10.8 Å². The van der Waals surface area contributed by atoms with E-state index in [-0.39, 0.29) is 11.4 Å². The Morgan fingerprint density at radius 1 is 0.451 bits per heavy atom. The molecular weight excluding hydrogens is 630 g/mol. The van der Waals surface area contributed by atoms with Crippen molar-refractivity contribution in [2.75, 3.05) is 0 Å². The Kier molecular flexibility index (Phi) is 6.64. The van der Waals surface area contributed by atoms with Gasteiger partial charge in [0.25, 0.3) is 0 Å². The van der Waals surface area contributed by atoms with Crippen molar-refractivity contribution < 1.29 is 8.81 Å². The fourth-order valence-corrected chi connectivity index (χ4v) is 7.34. The molecule has 10 rings (SSSR count). The van der Waals surface area contributed by atoms with Gasteiger partial charge in [0, 0.05) is 43.9 Å². The van der Waals surface area contributed by atoms with Gasteiger partial charge in [-0.25, -0.2) is 14.4 Å². The second-order valence-electron chi connectivity index (χ2n) is 12.7. The highest BCUT2D eigenvalue weighted by Gasteiger charge is 2.23. The lowest BCUT2D eigenvalue weighted by atomic mass is 10.00. The number of hydrogen-bond donors (Lipinski definition) is 0. The summed E-state index contributed by atoms with van der Waals surface area (Å²) in [7, 11) is 0. The maximum atomic E-state index is 16.9. The summed E-state index contributed by atoms with van der Waals surface area (Å²) in [6.45, 7) is 0. The Bertz CT molecular complexity index is 2870. The second-order valence-corrected chi connectivity index (χ2v) is 12.7. The number of hydrogen-bond acceptors (Lipinski definition) is 3. The molecule has 4 nitrogen and oxygen atoms in total. The summed E-state index contributed by atoms with van der Waals surface area (Å²) in [5.74, 6) is -0.0853. The summed E-state index contributed by atoms with van der Waals surface area (Å²) in [4.78, 5) is 10.0. The maximum Gasteiger partial charge on any atom is 0.175 e. The van der Waals surface area contributed by atoms with Crippen LogP contribution in [0.4, 0.5) is 4.39 Å². The van der Waals surface area contributed by atoms with E-state index >= 15 is 4.39 Å². The van der Waals surface area contributed by atoms with Gasteiger partial charge in [0.2, 0.25) is 0 Å². The van der Waals surface area contributed by atoms with Crippen molar-refractivity contribution in [3.05, 3.63) is 176 Å². The van der Waals surface area contributed by atoms with E-state index in [4.69, 9.17) is 14.4 Å². The Morgan fingerprint density at radius 3 is 1.75 bits per heavy atom. The minimum Gasteiger partial charge on any atom is -0.455 e. The lowest BCUT2D eigenvalue weighted by molar-refractivity contribution is 0.621. The van der Waals surface area contributed by atoms with Gasteiger partial charge < -0.3 is 8.98 Å². The van der Waals surface area contributed by atoms with Crippen LogP contribution in [0.2, 0.25) is 0 Å². The van der Waals surface area contributed by atoms with Crippen LogP contribution in [0.15, 0.2) is 174 Å². The van der Waals surface area contributed by atoms with Crippen molar-refractivity contribution in [2.24, 2.45) is 0 Å². The summed E-state index contributed by atoms with van der Waals surface area (Å²) in [5.41, 5.74) is 8.95.